The molecule has 1 aromatic heterocycles. The lowest BCUT2D eigenvalue weighted by molar-refractivity contribution is 0.0193. The number of fused-ring (bicyclic) bond motifs is 1. The van der Waals surface area contributed by atoms with E-state index in [0.29, 0.717) is 6.54 Å². The van der Waals surface area contributed by atoms with E-state index in [9.17, 15) is 4.79 Å². The normalized spacial score (nSPS) is 19.4. The summed E-state index contributed by atoms with van der Waals surface area (Å²) in [5, 5.41) is 15.7. The van der Waals surface area contributed by atoms with Crippen LogP contribution in [-0.4, -0.2) is 70.0 Å². The quantitative estimate of drug-likeness (QED) is 0.248. The number of halogens is 1. The van der Waals surface area contributed by atoms with Crippen LogP contribution in [0.25, 0.3) is 0 Å². The molecule has 1 saturated heterocycles. The average molecular weight is 562 g/mol. The summed E-state index contributed by atoms with van der Waals surface area (Å²) >= 11 is 0. The molecule has 0 radical (unpaired) electrons. The highest BCUT2D eigenvalue weighted by atomic mass is 127. The highest BCUT2D eigenvalue weighted by Gasteiger charge is 2.28. The molecule has 1 aromatic rings. The molecule has 0 aliphatic carbocycles. The van der Waals surface area contributed by atoms with Crippen molar-refractivity contribution in [2.24, 2.45) is 4.99 Å². The number of amides is 1. The van der Waals surface area contributed by atoms with Gasteiger partial charge in [-0.25, -0.2) is 4.79 Å². The predicted molar refractivity (Wildman–Crippen MR) is 137 cm³/mol. The summed E-state index contributed by atoms with van der Waals surface area (Å²) in [5.74, 6) is 3.02. The van der Waals surface area contributed by atoms with Crippen molar-refractivity contribution in [3.05, 3.63) is 11.6 Å². The molecule has 2 N–H and O–H groups in total. The summed E-state index contributed by atoms with van der Waals surface area (Å²) in [6, 6.07) is 0.166. The Kier molecular flexibility index (Phi) is 10.5. The molecule has 0 saturated carbocycles. The number of ether oxygens (including phenoxy) is 1. The second kappa shape index (κ2) is 12.6. The van der Waals surface area contributed by atoms with Gasteiger partial charge in [0.15, 0.2) is 5.96 Å². The minimum Gasteiger partial charge on any atom is -0.444 e. The number of aryl methyl sites for hydroxylation is 2. The lowest BCUT2D eigenvalue weighted by atomic mass is 10.1. The van der Waals surface area contributed by atoms with Gasteiger partial charge in [-0.15, -0.1) is 34.2 Å². The van der Waals surface area contributed by atoms with Crippen molar-refractivity contribution in [1.29, 1.82) is 0 Å². The van der Waals surface area contributed by atoms with Gasteiger partial charge in [0.25, 0.3) is 0 Å². The zero-order valence-corrected chi connectivity index (χ0v) is 22.4. The SMILES string of the molecule is CN=C(NCCCc1nnc2n1CCCCC2)NC1CCCN(C(=O)OC(C)(C)C)C1.I. The average Bonchev–Trinajstić information content (AvgIpc) is 2.95. The van der Waals surface area contributed by atoms with Gasteiger partial charge < -0.3 is 24.8 Å². The van der Waals surface area contributed by atoms with Crippen LogP contribution in [0.5, 0.6) is 0 Å². The first-order chi connectivity index (χ1) is 14.9. The van der Waals surface area contributed by atoms with Crippen LogP contribution in [0.4, 0.5) is 4.79 Å². The van der Waals surface area contributed by atoms with Gasteiger partial charge in [-0.05, 0) is 52.9 Å². The van der Waals surface area contributed by atoms with Gasteiger partial charge in [-0.3, -0.25) is 4.99 Å². The molecule has 1 fully saturated rings. The summed E-state index contributed by atoms with van der Waals surface area (Å²) in [4.78, 5) is 18.5. The van der Waals surface area contributed by atoms with Crippen LogP contribution >= 0.6 is 24.0 Å². The third-order valence-electron chi connectivity index (χ3n) is 5.69. The van der Waals surface area contributed by atoms with Crippen LogP contribution in [0.1, 0.15) is 70.9 Å². The monoisotopic (exact) mass is 561 g/mol. The van der Waals surface area contributed by atoms with Gasteiger partial charge in [-0.2, -0.15) is 0 Å². The van der Waals surface area contributed by atoms with E-state index in [1.54, 1.807) is 11.9 Å². The van der Waals surface area contributed by atoms with E-state index < -0.39 is 5.60 Å². The molecule has 1 atom stereocenters. The molecular weight excluding hydrogens is 521 g/mol. The minimum atomic E-state index is -0.474. The van der Waals surface area contributed by atoms with Crippen molar-refractivity contribution >= 4 is 36.0 Å². The van der Waals surface area contributed by atoms with Crippen LogP contribution in [0, 0.1) is 0 Å². The number of piperidine rings is 1. The van der Waals surface area contributed by atoms with Crippen LogP contribution in [0.15, 0.2) is 4.99 Å². The van der Waals surface area contributed by atoms with Gasteiger partial charge in [0, 0.05) is 52.1 Å². The van der Waals surface area contributed by atoms with E-state index >= 15 is 0 Å². The summed E-state index contributed by atoms with van der Waals surface area (Å²) in [5.41, 5.74) is -0.474. The van der Waals surface area contributed by atoms with Crippen molar-refractivity contribution in [1.82, 2.24) is 30.3 Å². The molecule has 9 nitrogen and oxygen atoms in total. The minimum absolute atomic E-state index is 0. The largest absolute Gasteiger partial charge is 0.444 e. The lowest BCUT2D eigenvalue weighted by Crippen LogP contribution is -2.53. The fourth-order valence-electron chi connectivity index (χ4n) is 4.16. The first-order valence-electron chi connectivity index (χ1n) is 11.7. The maximum atomic E-state index is 12.4. The van der Waals surface area contributed by atoms with Crippen LogP contribution in [-0.2, 0) is 24.1 Å². The maximum Gasteiger partial charge on any atom is 0.410 e. The van der Waals surface area contributed by atoms with E-state index in [2.05, 4.69) is 30.4 Å². The number of aromatic nitrogens is 3. The van der Waals surface area contributed by atoms with Crippen molar-refractivity contribution < 1.29 is 9.53 Å². The molecule has 1 unspecified atom stereocenters. The molecule has 10 heteroatoms. The fraction of sp³-hybridized carbons (Fsp3) is 0.818. The van der Waals surface area contributed by atoms with Crippen molar-refractivity contribution in [3.8, 4) is 0 Å². The number of likely N-dealkylation sites (tertiary alicyclic amines) is 1. The topological polar surface area (TPSA) is 96.7 Å². The Hall–Kier alpha value is -1.59. The van der Waals surface area contributed by atoms with Crippen molar-refractivity contribution in [2.75, 3.05) is 26.7 Å². The molecule has 3 heterocycles. The number of nitrogens with zero attached hydrogens (tertiary/aromatic N) is 5. The maximum absolute atomic E-state index is 12.4. The van der Waals surface area contributed by atoms with Crippen LogP contribution < -0.4 is 10.6 Å². The molecule has 32 heavy (non-hydrogen) atoms. The fourth-order valence-corrected chi connectivity index (χ4v) is 4.16. The summed E-state index contributed by atoms with van der Waals surface area (Å²) in [6.45, 7) is 8.91. The van der Waals surface area contributed by atoms with Gasteiger partial charge >= 0.3 is 6.09 Å². The van der Waals surface area contributed by atoms with Crippen LogP contribution in [0.3, 0.4) is 0 Å². The Bertz CT molecular complexity index is 760. The number of carbonyl (C=O) groups is 1. The molecule has 0 aromatic carbocycles. The Balaban J connectivity index is 0.00000363. The Morgan fingerprint density at radius 1 is 1.19 bits per heavy atom. The standard InChI is InChI=1S/C22H39N7O2.HI/c1-22(2,3)31-21(30)28-14-9-10-17(16-28)25-20(23-4)24-13-8-12-19-27-26-18-11-6-5-7-15-29(18)19;/h17H,5-16H2,1-4H3,(H2,23,24,25);1H. The number of guanidine groups is 1. The molecule has 0 spiro atoms. The first kappa shape index (κ1) is 26.7. The van der Waals surface area contributed by atoms with E-state index in [0.717, 1.165) is 69.3 Å². The Morgan fingerprint density at radius 2 is 2.00 bits per heavy atom. The molecule has 0 bridgehead atoms. The Morgan fingerprint density at radius 3 is 2.75 bits per heavy atom. The molecule has 2 aliphatic rings. The molecule has 2 aliphatic heterocycles. The summed E-state index contributed by atoms with van der Waals surface area (Å²) in [6.07, 6.45) is 8.35. The number of aliphatic imine (C=N–C) groups is 1. The lowest BCUT2D eigenvalue weighted by Gasteiger charge is -2.35. The zero-order valence-electron chi connectivity index (χ0n) is 20.0. The predicted octanol–water partition coefficient (Wildman–Crippen LogP) is 3.12. The number of hydrogen-bond acceptors (Lipinski definition) is 5. The molecular formula is C22H40IN7O2. The summed E-state index contributed by atoms with van der Waals surface area (Å²) < 4.78 is 7.83. The van der Waals surface area contributed by atoms with E-state index in [-0.39, 0.29) is 36.1 Å². The highest BCUT2D eigenvalue weighted by Crippen LogP contribution is 2.16. The smallest absolute Gasteiger partial charge is 0.410 e. The number of rotatable bonds is 5. The number of hydrogen-bond donors (Lipinski definition) is 2. The molecule has 182 valence electrons. The van der Waals surface area contributed by atoms with Crippen molar-refractivity contribution in [3.63, 3.8) is 0 Å². The zero-order chi connectivity index (χ0) is 22.3. The molecule has 3 rings (SSSR count). The Labute approximate surface area is 209 Å². The van der Waals surface area contributed by atoms with Crippen molar-refractivity contribution in [2.45, 2.75) is 90.3 Å². The van der Waals surface area contributed by atoms with E-state index in [1.807, 2.05) is 20.8 Å². The van der Waals surface area contributed by atoms with Gasteiger partial charge in [-0.1, -0.05) is 6.42 Å². The first-order valence-corrected chi connectivity index (χ1v) is 11.7. The van der Waals surface area contributed by atoms with Crippen LogP contribution in [0.2, 0.25) is 0 Å². The second-order valence-electron chi connectivity index (χ2n) is 9.51. The van der Waals surface area contributed by atoms with Gasteiger partial charge in [0.2, 0.25) is 0 Å². The second-order valence-corrected chi connectivity index (χ2v) is 9.51. The van der Waals surface area contributed by atoms with Gasteiger partial charge in [0.05, 0.1) is 0 Å². The third kappa shape index (κ3) is 8.08. The number of carbonyl (C=O) groups excluding carboxylic acids is 1. The van der Waals surface area contributed by atoms with E-state index in [1.165, 1.54) is 19.3 Å². The molecule has 1 amide bonds. The van der Waals surface area contributed by atoms with Gasteiger partial charge in [0.1, 0.15) is 17.2 Å². The highest BCUT2D eigenvalue weighted by molar-refractivity contribution is 14.0. The number of nitrogens with one attached hydrogen (secondary N) is 2. The third-order valence-corrected chi connectivity index (χ3v) is 5.69. The van der Waals surface area contributed by atoms with E-state index in [4.69, 9.17) is 4.74 Å². The summed E-state index contributed by atoms with van der Waals surface area (Å²) in [7, 11) is 1.78.